The van der Waals surface area contributed by atoms with Gasteiger partial charge in [0.25, 0.3) is 5.69 Å². The third kappa shape index (κ3) is 2.97. The average molecular weight is 310 g/mol. The van der Waals surface area contributed by atoms with Crippen molar-refractivity contribution in [3.63, 3.8) is 0 Å². The summed E-state index contributed by atoms with van der Waals surface area (Å²) in [7, 11) is -2.99. The lowest BCUT2D eigenvalue weighted by Gasteiger charge is -2.22. The van der Waals surface area contributed by atoms with Crippen LogP contribution in [-0.2, 0) is 9.84 Å². The van der Waals surface area contributed by atoms with E-state index in [1.807, 2.05) is 0 Å². The Labute approximate surface area is 120 Å². The molecule has 2 aromatic rings. The highest BCUT2D eigenvalue weighted by Crippen LogP contribution is 2.22. The number of nitro benzene ring substituents is 1. The normalized spacial score (nSPS) is 21.2. The number of imidazole rings is 1. The van der Waals surface area contributed by atoms with Gasteiger partial charge < -0.3 is 10.3 Å². The van der Waals surface area contributed by atoms with Crippen molar-refractivity contribution in [1.29, 1.82) is 0 Å². The largest absolute Gasteiger partial charge is 0.352 e. The number of anilines is 1. The van der Waals surface area contributed by atoms with Gasteiger partial charge in [0.1, 0.15) is 0 Å². The van der Waals surface area contributed by atoms with Crippen molar-refractivity contribution in [3.05, 3.63) is 28.3 Å². The van der Waals surface area contributed by atoms with Crippen LogP contribution in [0.3, 0.4) is 0 Å². The lowest BCUT2D eigenvalue weighted by Crippen LogP contribution is -2.35. The van der Waals surface area contributed by atoms with Crippen molar-refractivity contribution >= 4 is 32.5 Å². The summed E-state index contributed by atoms with van der Waals surface area (Å²) in [4.78, 5) is 17.5. The first kappa shape index (κ1) is 13.8. The summed E-state index contributed by atoms with van der Waals surface area (Å²) in [5.74, 6) is 0.759. The van der Waals surface area contributed by atoms with Gasteiger partial charge in [-0.05, 0) is 18.9 Å². The average Bonchev–Trinajstić information content (AvgIpc) is 2.78. The van der Waals surface area contributed by atoms with Crippen LogP contribution in [0.4, 0.5) is 11.6 Å². The molecule has 1 aromatic heterocycles. The summed E-state index contributed by atoms with van der Waals surface area (Å²) in [6.07, 6.45) is 1.39. The Morgan fingerprint density at radius 2 is 2.24 bits per heavy atom. The minimum absolute atomic E-state index is 0.0158. The number of rotatable bonds is 3. The maximum absolute atomic E-state index is 11.6. The van der Waals surface area contributed by atoms with Crippen LogP contribution in [0.1, 0.15) is 12.8 Å². The highest BCUT2D eigenvalue weighted by atomic mass is 32.2. The fourth-order valence-electron chi connectivity index (χ4n) is 2.51. The fourth-order valence-corrected chi connectivity index (χ4v) is 4.15. The zero-order valence-corrected chi connectivity index (χ0v) is 11.9. The minimum Gasteiger partial charge on any atom is -0.352 e. The first-order valence-corrected chi connectivity index (χ1v) is 8.36. The van der Waals surface area contributed by atoms with Crippen molar-refractivity contribution in [1.82, 2.24) is 9.97 Å². The first-order valence-electron chi connectivity index (χ1n) is 6.54. The van der Waals surface area contributed by atoms with E-state index >= 15 is 0 Å². The number of aromatic amines is 1. The topological polar surface area (TPSA) is 118 Å². The van der Waals surface area contributed by atoms with E-state index in [1.54, 1.807) is 6.07 Å². The van der Waals surface area contributed by atoms with Crippen molar-refractivity contribution in [3.8, 4) is 0 Å². The Morgan fingerprint density at radius 3 is 2.95 bits per heavy atom. The number of hydrogen-bond donors (Lipinski definition) is 2. The maximum atomic E-state index is 11.6. The molecule has 0 saturated carbocycles. The lowest BCUT2D eigenvalue weighted by atomic mass is 10.2. The quantitative estimate of drug-likeness (QED) is 0.654. The van der Waals surface area contributed by atoms with E-state index < -0.39 is 14.8 Å². The molecule has 1 unspecified atom stereocenters. The number of H-pyrrole nitrogens is 1. The van der Waals surface area contributed by atoms with E-state index in [-0.39, 0.29) is 23.2 Å². The van der Waals surface area contributed by atoms with Crippen molar-refractivity contribution < 1.29 is 13.3 Å². The van der Waals surface area contributed by atoms with E-state index in [2.05, 4.69) is 15.3 Å². The summed E-state index contributed by atoms with van der Waals surface area (Å²) in [5.41, 5.74) is 1.13. The van der Waals surface area contributed by atoms with Crippen LogP contribution >= 0.6 is 0 Å². The number of nitrogens with one attached hydrogen (secondary N) is 2. The maximum Gasteiger partial charge on any atom is 0.271 e. The van der Waals surface area contributed by atoms with Gasteiger partial charge in [0.15, 0.2) is 9.84 Å². The summed E-state index contributed by atoms with van der Waals surface area (Å²) < 4.78 is 23.2. The van der Waals surface area contributed by atoms with Gasteiger partial charge in [0.2, 0.25) is 5.95 Å². The molecule has 2 heterocycles. The van der Waals surface area contributed by atoms with Gasteiger partial charge in [-0.25, -0.2) is 13.4 Å². The highest BCUT2D eigenvalue weighted by Gasteiger charge is 2.25. The number of sulfone groups is 1. The number of benzene rings is 1. The molecule has 1 fully saturated rings. The SMILES string of the molecule is O=[N+]([O-])c1ccc2nc(NC3CCCS(=O)(=O)C3)[nH]c2c1. The molecule has 1 aliphatic rings. The number of aromatic nitrogens is 2. The Morgan fingerprint density at radius 1 is 1.43 bits per heavy atom. The molecule has 0 spiro atoms. The van der Waals surface area contributed by atoms with Crippen molar-refractivity contribution in [2.75, 3.05) is 16.8 Å². The van der Waals surface area contributed by atoms with Crippen LogP contribution in [0.5, 0.6) is 0 Å². The summed E-state index contributed by atoms with van der Waals surface area (Å²) in [6, 6.07) is 4.18. The van der Waals surface area contributed by atoms with E-state index in [9.17, 15) is 18.5 Å². The molecule has 0 amide bonds. The van der Waals surface area contributed by atoms with Gasteiger partial charge in [-0.1, -0.05) is 0 Å². The number of hydrogen-bond acceptors (Lipinski definition) is 6. The minimum atomic E-state index is -2.99. The van der Waals surface area contributed by atoms with Gasteiger partial charge in [0.05, 0.1) is 27.5 Å². The molecular formula is C12H14N4O4S. The Balaban J connectivity index is 1.83. The van der Waals surface area contributed by atoms with Crippen LogP contribution in [0.25, 0.3) is 11.0 Å². The van der Waals surface area contributed by atoms with Gasteiger partial charge >= 0.3 is 0 Å². The molecule has 3 rings (SSSR count). The molecule has 1 atom stereocenters. The highest BCUT2D eigenvalue weighted by molar-refractivity contribution is 7.91. The van der Waals surface area contributed by atoms with Crippen LogP contribution in [-0.4, -0.2) is 40.9 Å². The lowest BCUT2D eigenvalue weighted by molar-refractivity contribution is -0.384. The zero-order valence-electron chi connectivity index (χ0n) is 11.1. The standard InChI is InChI=1S/C12H14N4O4S/c17-16(18)9-3-4-10-11(6-9)15-12(14-10)13-8-2-1-5-21(19,20)7-8/h3-4,6,8H,1-2,5,7H2,(H2,13,14,15). The Bertz CT molecular complexity index is 799. The predicted octanol–water partition coefficient (Wildman–Crippen LogP) is 1.46. The van der Waals surface area contributed by atoms with Crippen LogP contribution in [0.2, 0.25) is 0 Å². The zero-order chi connectivity index (χ0) is 15.0. The van der Waals surface area contributed by atoms with Crippen molar-refractivity contribution in [2.24, 2.45) is 0 Å². The monoisotopic (exact) mass is 310 g/mol. The second kappa shape index (κ2) is 4.99. The smallest absolute Gasteiger partial charge is 0.271 e. The van der Waals surface area contributed by atoms with Crippen LogP contribution in [0.15, 0.2) is 18.2 Å². The molecule has 0 aliphatic carbocycles. The fraction of sp³-hybridized carbons (Fsp3) is 0.417. The first-order chi connectivity index (χ1) is 9.93. The molecule has 0 bridgehead atoms. The molecule has 112 valence electrons. The summed E-state index contributed by atoms with van der Waals surface area (Å²) >= 11 is 0. The Hall–Kier alpha value is -2.16. The van der Waals surface area contributed by atoms with E-state index in [4.69, 9.17) is 0 Å². The van der Waals surface area contributed by atoms with Gasteiger partial charge in [0, 0.05) is 18.2 Å². The molecule has 21 heavy (non-hydrogen) atoms. The Kier molecular flexibility index (Phi) is 3.28. The second-order valence-corrected chi connectivity index (χ2v) is 7.37. The number of nitro groups is 1. The van der Waals surface area contributed by atoms with E-state index in [0.717, 1.165) is 6.42 Å². The molecule has 9 heteroatoms. The molecule has 0 radical (unpaired) electrons. The molecule has 1 aliphatic heterocycles. The van der Waals surface area contributed by atoms with Crippen LogP contribution in [0, 0.1) is 10.1 Å². The number of non-ortho nitro benzene ring substituents is 1. The van der Waals surface area contributed by atoms with Gasteiger partial charge in [-0.15, -0.1) is 0 Å². The molecule has 1 aromatic carbocycles. The third-order valence-electron chi connectivity index (χ3n) is 3.48. The number of nitrogens with zero attached hydrogens (tertiary/aromatic N) is 2. The third-order valence-corrected chi connectivity index (χ3v) is 5.30. The van der Waals surface area contributed by atoms with Gasteiger partial charge in [-0.3, -0.25) is 10.1 Å². The molecule has 1 saturated heterocycles. The van der Waals surface area contributed by atoms with E-state index in [0.29, 0.717) is 23.4 Å². The summed E-state index contributed by atoms with van der Waals surface area (Å²) in [5, 5.41) is 13.8. The molecular weight excluding hydrogens is 296 g/mol. The van der Waals surface area contributed by atoms with Gasteiger partial charge in [-0.2, -0.15) is 0 Å². The molecule has 2 N–H and O–H groups in total. The van der Waals surface area contributed by atoms with Crippen LogP contribution < -0.4 is 5.32 Å². The summed E-state index contributed by atoms with van der Waals surface area (Å²) in [6.45, 7) is 0. The second-order valence-electron chi connectivity index (χ2n) is 5.14. The van der Waals surface area contributed by atoms with E-state index in [1.165, 1.54) is 12.1 Å². The number of fused-ring (bicyclic) bond motifs is 1. The molecule has 8 nitrogen and oxygen atoms in total. The van der Waals surface area contributed by atoms with Crippen molar-refractivity contribution in [2.45, 2.75) is 18.9 Å². The predicted molar refractivity (Wildman–Crippen MR) is 78.0 cm³/mol.